The first-order valence-electron chi connectivity index (χ1n) is 7.59. The van der Waals surface area contributed by atoms with E-state index in [2.05, 4.69) is 13.8 Å². The van der Waals surface area contributed by atoms with Gasteiger partial charge >= 0.3 is 0 Å². The topological polar surface area (TPSA) is 36.9 Å². The van der Waals surface area contributed by atoms with Crippen LogP contribution >= 0.6 is 11.6 Å². The molecule has 4 nitrogen and oxygen atoms in total. The Hall–Kier alpha value is -0.970. The van der Waals surface area contributed by atoms with Crippen LogP contribution in [0, 0.1) is 5.92 Å². The highest BCUT2D eigenvalue weighted by molar-refractivity contribution is 6.31. The van der Waals surface area contributed by atoms with Gasteiger partial charge in [-0.2, -0.15) is 0 Å². The zero-order valence-electron chi connectivity index (χ0n) is 12.4. The van der Waals surface area contributed by atoms with Gasteiger partial charge in [-0.25, -0.2) is 0 Å². The summed E-state index contributed by atoms with van der Waals surface area (Å²) in [6.45, 7) is 5.29. The van der Waals surface area contributed by atoms with Crippen molar-refractivity contribution in [3.05, 3.63) is 22.7 Å². The summed E-state index contributed by atoms with van der Waals surface area (Å²) in [7, 11) is 0. The van der Waals surface area contributed by atoms with Crippen molar-refractivity contribution < 1.29 is 18.9 Å². The molecule has 2 heterocycles. The first-order valence-corrected chi connectivity index (χ1v) is 7.96. The fraction of sp³-hybridized carbons (Fsp3) is 0.625. The van der Waals surface area contributed by atoms with Crippen LogP contribution in [0.25, 0.3) is 0 Å². The van der Waals surface area contributed by atoms with Crippen molar-refractivity contribution in [2.45, 2.75) is 45.5 Å². The van der Waals surface area contributed by atoms with E-state index in [4.69, 9.17) is 30.5 Å². The highest BCUT2D eigenvalue weighted by Crippen LogP contribution is 2.42. The molecular weight excluding hydrogens is 292 g/mol. The standard InChI is InChI=1S/C16H21ClO4/c1-3-5-13-10(4-2)8-18-16(21-13)11-6-14-15(7-12(11)17)20-9-19-14/h6-7,10,13,16H,3-5,8-9H2,1-2H3/t10-,13-,16-/m0/s1. The van der Waals surface area contributed by atoms with Crippen LogP contribution in [0.15, 0.2) is 12.1 Å². The summed E-state index contributed by atoms with van der Waals surface area (Å²) >= 11 is 6.34. The number of ether oxygens (including phenoxy) is 4. The van der Waals surface area contributed by atoms with Crippen molar-refractivity contribution in [2.24, 2.45) is 5.92 Å². The largest absolute Gasteiger partial charge is 0.454 e. The monoisotopic (exact) mass is 312 g/mol. The molecule has 1 fully saturated rings. The van der Waals surface area contributed by atoms with Gasteiger partial charge < -0.3 is 18.9 Å². The van der Waals surface area contributed by atoms with Crippen LogP contribution in [0.3, 0.4) is 0 Å². The first kappa shape index (κ1) is 14.9. The van der Waals surface area contributed by atoms with Gasteiger partial charge in [0.25, 0.3) is 0 Å². The summed E-state index contributed by atoms with van der Waals surface area (Å²) in [5.41, 5.74) is 0.816. The lowest BCUT2D eigenvalue weighted by molar-refractivity contribution is -0.243. The van der Waals surface area contributed by atoms with Gasteiger partial charge in [0, 0.05) is 17.5 Å². The smallest absolute Gasteiger partial charge is 0.231 e. The molecule has 3 atom stereocenters. The molecule has 0 aliphatic carbocycles. The van der Waals surface area contributed by atoms with Crippen molar-refractivity contribution >= 4 is 11.6 Å². The molecule has 1 aromatic carbocycles. The Morgan fingerprint density at radius 3 is 2.67 bits per heavy atom. The van der Waals surface area contributed by atoms with Gasteiger partial charge in [-0.05, 0) is 18.9 Å². The van der Waals surface area contributed by atoms with Crippen LogP contribution in [0.5, 0.6) is 11.5 Å². The minimum atomic E-state index is -0.425. The molecule has 2 aliphatic heterocycles. The van der Waals surface area contributed by atoms with Gasteiger partial charge in [0.05, 0.1) is 17.7 Å². The van der Waals surface area contributed by atoms with Crippen LogP contribution in [0.4, 0.5) is 0 Å². The second-order valence-corrected chi connectivity index (χ2v) is 5.93. The third kappa shape index (κ3) is 2.98. The molecule has 5 heteroatoms. The maximum Gasteiger partial charge on any atom is 0.231 e. The predicted octanol–water partition coefficient (Wildman–Crippen LogP) is 4.31. The molecular formula is C16H21ClO4. The van der Waals surface area contributed by atoms with Gasteiger partial charge in [-0.3, -0.25) is 0 Å². The molecule has 2 aliphatic rings. The molecule has 0 unspecified atom stereocenters. The maximum atomic E-state index is 6.34. The second kappa shape index (κ2) is 6.42. The summed E-state index contributed by atoms with van der Waals surface area (Å²) in [5, 5.41) is 0.592. The summed E-state index contributed by atoms with van der Waals surface area (Å²) in [6, 6.07) is 3.64. The number of benzene rings is 1. The maximum absolute atomic E-state index is 6.34. The SMILES string of the molecule is CCC[C@@H]1O[C@@H](c2cc3c(cc2Cl)OCO3)OC[C@@H]1CC. The Morgan fingerprint density at radius 1 is 1.19 bits per heavy atom. The summed E-state index contributed by atoms with van der Waals surface area (Å²) in [5.74, 6) is 1.83. The Morgan fingerprint density at radius 2 is 1.95 bits per heavy atom. The van der Waals surface area contributed by atoms with Crippen molar-refractivity contribution in [3.8, 4) is 11.5 Å². The quantitative estimate of drug-likeness (QED) is 0.830. The fourth-order valence-corrected chi connectivity index (χ4v) is 3.12. The predicted molar refractivity (Wildman–Crippen MR) is 79.8 cm³/mol. The van der Waals surface area contributed by atoms with Gasteiger partial charge in [0.2, 0.25) is 6.79 Å². The number of rotatable bonds is 4. The van der Waals surface area contributed by atoms with E-state index in [9.17, 15) is 0 Å². The molecule has 1 saturated heterocycles. The molecule has 0 spiro atoms. The van der Waals surface area contributed by atoms with Gasteiger partial charge in [-0.1, -0.05) is 31.9 Å². The van der Waals surface area contributed by atoms with Crippen LogP contribution in [-0.4, -0.2) is 19.5 Å². The van der Waals surface area contributed by atoms with Gasteiger partial charge in [-0.15, -0.1) is 0 Å². The summed E-state index contributed by atoms with van der Waals surface area (Å²) in [6.07, 6.45) is 3.00. The number of halogens is 1. The summed E-state index contributed by atoms with van der Waals surface area (Å²) < 4.78 is 22.8. The molecule has 1 aromatic rings. The Labute approximate surface area is 130 Å². The zero-order chi connectivity index (χ0) is 14.8. The molecule has 0 amide bonds. The lowest BCUT2D eigenvalue weighted by Crippen LogP contribution is -2.35. The fourth-order valence-electron chi connectivity index (χ4n) is 2.87. The molecule has 0 N–H and O–H groups in total. The van der Waals surface area contributed by atoms with Crippen LogP contribution in [0.2, 0.25) is 5.02 Å². The molecule has 3 rings (SSSR count). The van der Waals surface area contributed by atoms with Crippen molar-refractivity contribution in [2.75, 3.05) is 13.4 Å². The lowest BCUT2D eigenvalue weighted by Gasteiger charge is -2.36. The van der Waals surface area contributed by atoms with Crippen molar-refractivity contribution in [1.29, 1.82) is 0 Å². The van der Waals surface area contributed by atoms with Crippen molar-refractivity contribution in [3.63, 3.8) is 0 Å². The highest BCUT2D eigenvalue weighted by Gasteiger charge is 2.33. The average Bonchev–Trinajstić information content (AvgIpc) is 2.94. The zero-order valence-corrected chi connectivity index (χ0v) is 13.2. The first-order chi connectivity index (χ1) is 10.2. The van der Waals surface area contributed by atoms with Gasteiger partial charge in [0.15, 0.2) is 17.8 Å². The third-order valence-electron chi connectivity index (χ3n) is 4.13. The molecule has 21 heavy (non-hydrogen) atoms. The van der Waals surface area contributed by atoms with E-state index in [0.29, 0.717) is 29.0 Å². The average molecular weight is 313 g/mol. The Kier molecular flexibility index (Phi) is 4.57. The van der Waals surface area contributed by atoms with E-state index in [-0.39, 0.29) is 12.9 Å². The van der Waals surface area contributed by atoms with E-state index in [1.54, 1.807) is 6.07 Å². The Balaban J connectivity index is 1.81. The highest BCUT2D eigenvalue weighted by atomic mass is 35.5. The van der Waals surface area contributed by atoms with Gasteiger partial charge in [0.1, 0.15) is 0 Å². The molecule has 116 valence electrons. The number of hydrogen-bond acceptors (Lipinski definition) is 4. The molecule has 0 bridgehead atoms. The second-order valence-electron chi connectivity index (χ2n) is 5.52. The van der Waals surface area contributed by atoms with Crippen LogP contribution in [0.1, 0.15) is 45.0 Å². The van der Waals surface area contributed by atoms with E-state index in [1.807, 2.05) is 6.07 Å². The summed E-state index contributed by atoms with van der Waals surface area (Å²) in [4.78, 5) is 0. The van der Waals surface area contributed by atoms with E-state index < -0.39 is 6.29 Å². The number of fused-ring (bicyclic) bond motifs is 1. The van der Waals surface area contributed by atoms with Crippen LogP contribution in [-0.2, 0) is 9.47 Å². The van der Waals surface area contributed by atoms with Crippen molar-refractivity contribution in [1.82, 2.24) is 0 Å². The van der Waals surface area contributed by atoms with Crippen LogP contribution < -0.4 is 9.47 Å². The normalized spacial score (nSPS) is 27.9. The lowest BCUT2D eigenvalue weighted by atomic mass is 9.95. The minimum absolute atomic E-state index is 0.222. The van der Waals surface area contributed by atoms with E-state index in [0.717, 1.165) is 24.8 Å². The van der Waals surface area contributed by atoms with E-state index >= 15 is 0 Å². The third-order valence-corrected chi connectivity index (χ3v) is 4.46. The Bertz CT molecular complexity index is 505. The molecule has 0 saturated carbocycles. The molecule has 0 radical (unpaired) electrons. The number of hydrogen-bond donors (Lipinski definition) is 0. The van der Waals surface area contributed by atoms with E-state index in [1.165, 1.54) is 0 Å². The molecule has 0 aromatic heterocycles. The minimum Gasteiger partial charge on any atom is -0.454 e.